The number of carbonyl (C=O) groups is 1. The van der Waals surface area contributed by atoms with E-state index in [1.807, 2.05) is 0 Å². The van der Waals surface area contributed by atoms with E-state index in [9.17, 15) is 17.6 Å². The lowest BCUT2D eigenvalue weighted by molar-refractivity contribution is -0.122. The number of nitrogens with one attached hydrogen (secondary N) is 1. The number of piperazine rings is 1. The molecule has 0 bridgehead atoms. The normalized spacial score (nSPS) is 20.8. The molecule has 1 aromatic rings. The molecule has 0 radical (unpaired) electrons. The molecule has 3 N–H and O–H groups in total. The molecule has 110 valence electrons. The van der Waals surface area contributed by atoms with Crippen LogP contribution in [0.4, 0.5) is 4.39 Å². The van der Waals surface area contributed by atoms with E-state index in [1.54, 1.807) is 0 Å². The fourth-order valence-electron chi connectivity index (χ4n) is 2.03. The third kappa shape index (κ3) is 2.78. The summed E-state index contributed by atoms with van der Waals surface area (Å²) in [7, 11) is -4.01. The van der Waals surface area contributed by atoms with Gasteiger partial charge in [0, 0.05) is 19.6 Å². The Morgan fingerprint density at radius 3 is 2.80 bits per heavy atom. The molecule has 1 aliphatic rings. The monoisotopic (exact) mass is 321 g/mol. The summed E-state index contributed by atoms with van der Waals surface area (Å²) in [6, 6.07) is 2.00. The maximum Gasteiger partial charge on any atom is 0.245 e. The molecule has 20 heavy (non-hydrogen) atoms. The van der Waals surface area contributed by atoms with Gasteiger partial charge in [-0.15, -0.1) is 0 Å². The molecule has 1 aliphatic heterocycles. The molecule has 0 aromatic heterocycles. The van der Waals surface area contributed by atoms with Crippen molar-refractivity contribution in [1.29, 1.82) is 0 Å². The lowest BCUT2D eigenvalue weighted by Gasteiger charge is -2.33. The highest BCUT2D eigenvalue weighted by molar-refractivity contribution is 7.89. The summed E-state index contributed by atoms with van der Waals surface area (Å²) in [5.41, 5.74) is 5.22. The summed E-state index contributed by atoms with van der Waals surface area (Å²) < 4.78 is 39.0. The summed E-state index contributed by atoms with van der Waals surface area (Å²) in [6.07, 6.45) is 0. The predicted molar refractivity (Wildman–Crippen MR) is 71.2 cm³/mol. The fourth-order valence-corrected chi connectivity index (χ4v) is 4.13. The highest BCUT2D eigenvalue weighted by Crippen LogP contribution is 2.27. The summed E-state index contributed by atoms with van der Waals surface area (Å²) in [4.78, 5) is 11.1. The zero-order valence-electron chi connectivity index (χ0n) is 10.3. The topological polar surface area (TPSA) is 92.5 Å². The van der Waals surface area contributed by atoms with Crippen molar-refractivity contribution in [3.05, 3.63) is 29.0 Å². The van der Waals surface area contributed by atoms with Gasteiger partial charge in [-0.2, -0.15) is 4.31 Å². The molecule has 0 spiro atoms. The molecule has 1 saturated heterocycles. The van der Waals surface area contributed by atoms with Gasteiger partial charge >= 0.3 is 0 Å². The molecular formula is C11H13ClFN3O3S. The van der Waals surface area contributed by atoms with E-state index in [0.29, 0.717) is 6.54 Å². The quantitative estimate of drug-likeness (QED) is 0.815. The summed E-state index contributed by atoms with van der Waals surface area (Å²) in [6.45, 7) is 0.610. The predicted octanol–water partition coefficient (Wildman–Crippen LogP) is -0.0731. The SMILES string of the molecule is NC(=O)C1CNCCN1S(=O)(=O)c1ccc(F)cc1Cl. The first-order chi connectivity index (χ1) is 9.34. The van der Waals surface area contributed by atoms with Crippen LogP contribution in [0, 0.1) is 5.82 Å². The van der Waals surface area contributed by atoms with Crippen molar-refractivity contribution in [2.45, 2.75) is 10.9 Å². The number of rotatable bonds is 3. The minimum atomic E-state index is -4.01. The average molecular weight is 322 g/mol. The van der Waals surface area contributed by atoms with E-state index in [1.165, 1.54) is 0 Å². The van der Waals surface area contributed by atoms with Crippen LogP contribution in [0.1, 0.15) is 0 Å². The molecule has 1 fully saturated rings. The number of amides is 1. The van der Waals surface area contributed by atoms with Crippen LogP contribution in [0.15, 0.2) is 23.1 Å². The van der Waals surface area contributed by atoms with Gasteiger partial charge in [-0.25, -0.2) is 12.8 Å². The van der Waals surface area contributed by atoms with E-state index >= 15 is 0 Å². The summed E-state index contributed by atoms with van der Waals surface area (Å²) in [5, 5.41) is 2.66. The lowest BCUT2D eigenvalue weighted by Crippen LogP contribution is -2.58. The minimum absolute atomic E-state index is 0.0869. The van der Waals surface area contributed by atoms with Crippen LogP contribution in [0.2, 0.25) is 5.02 Å². The Balaban J connectivity index is 2.45. The van der Waals surface area contributed by atoms with Gasteiger partial charge in [0.1, 0.15) is 16.8 Å². The van der Waals surface area contributed by atoms with Crippen molar-refractivity contribution in [3.8, 4) is 0 Å². The Labute approximate surface area is 120 Å². The molecule has 0 aliphatic carbocycles. The highest BCUT2D eigenvalue weighted by atomic mass is 35.5. The Bertz CT molecular complexity index is 638. The third-order valence-electron chi connectivity index (χ3n) is 3.00. The number of carbonyl (C=O) groups excluding carboxylic acids is 1. The summed E-state index contributed by atoms with van der Waals surface area (Å²) in [5.74, 6) is -1.39. The van der Waals surface area contributed by atoms with Gasteiger partial charge in [-0.1, -0.05) is 11.6 Å². The Hall–Kier alpha value is -1.22. The molecule has 1 amide bonds. The van der Waals surface area contributed by atoms with Gasteiger partial charge in [0.2, 0.25) is 15.9 Å². The molecule has 1 atom stereocenters. The average Bonchev–Trinajstić information content (AvgIpc) is 2.38. The number of halogens is 2. The fraction of sp³-hybridized carbons (Fsp3) is 0.364. The smallest absolute Gasteiger partial charge is 0.245 e. The van der Waals surface area contributed by atoms with Crippen molar-refractivity contribution in [3.63, 3.8) is 0 Å². The van der Waals surface area contributed by atoms with Crippen LogP contribution >= 0.6 is 11.6 Å². The number of sulfonamides is 1. The van der Waals surface area contributed by atoms with E-state index in [0.717, 1.165) is 22.5 Å². The Morgan fingerprint density at radius 2 is 2.20 bits per heavy atom. The van der Waals surface area contributed by atoms with Crippen LogP contribution in [-0.2, 0) is 14.8 Å². The highest BCUT2D eigenvalue weighted by Gasteiger charge is 2.37. The van der Waals surface area contributed by atoms with Gasteiger partial charge in [0.05, 0.1) is 5.02 Å². The number of nitrogens with zero attached hydrogens (tertiary/aromatic N) is 1. The van der Waals surface area contributed by atoms with Crippen molar-refractivity contribution in [1.82, 2.24) is 9.62 Å². The van der Waals surface area contributed by atoms with Gasteiger partial charge in [-0.3, -0.25) is 4.79 Å². The summed E-state index contributed by atoms with van der Waals surface area (Å²) >= 11 is 5.78. The minimum Gasteiger partial charge on any atom is -0.368 e. The van der Waals surface area contributed by atoms with Crippen molar-refractivity contribution in [2.24, 2.45) is 5.73 Å². The standard InChI is InChI=1S/C11H13ClFN3O3S/c12-8-5-7(13)1-2-10(8)20(18,19)16-4-3-15-6-9(16)11(14)17/h1-2,5,9,15H,3-4,6H2,(H2,14,17). The second kappa shape index (κ2) is 5.65. The maximum absolute atomic E-state index is 13.0. The van der Waals surface area contributed by atoms with Crippen molar-refractivity contribution in [2.75, 3.05) is 19.6 Å². The van der Waals surface area contributed by atoms with Gasteiger partial charge in [0.25, 0.3) is 0 Å². The first-order valence-corrected chi connectivity index (χ1v) is 7.63. The van der Waals surface area contributed by atoms with Crippen LogP contribution < -0.4 is 11.1 Å². The molecular weight excluding hydrogens is 309 g/mol. The van der Waals surface area contributed by atoms with Crippen LogP contribution in [0.3, 0.4) is 0 Å². The second-order valence-electron chi connectivity index (χ2n) is 4.31. The molecule has 2 rings (SSSR count). The van der Waals surface area contributed by atoms with E-state index in [-0.39, 0.29) is 23.0 Å². The van der Waals surface area contributed by atoms with E-state index in [4.69, 9.17) is 17.3 Å². The number of hydrogen-bond acceptors (Lipinski definition) is 4. The zero-order chi connectivity index (χ0) is 14.9. The van der Waals surface area contributed by atoms with Crippen molar-refractivity contribution >= 4 is 27.5 Å². The Kier molecular flexibility index (Phi) is 4.28. The number of primary amides is 1. The molecule has 1 unspecified atom stereocenters. The molecule has 1 aromatic carbocycles. The first kappa shape index (κ1) is 15.2. The van der Waals surface area contributed by atoms with E-state index in [2.05, 4.69) is 5.32 Å². The van der Waals surface area contributed by atoms with Crippen LogP contribution in [-0.4, -0.2) is 44.3 Å². The van der Waals surface area contributed by atoms with Gasteiger partial charge < -0.3 is 11.1 Å². The zero-order valence-corrected chi connectivity index (χ0v) is 11.9. The second-order valence-corrected chi connectivity index (χ2v) is 6.58. The number of hydrogen-bond donors (Lipinski definition) is 2. The number of nitrogens with two attached hydrogens (primary N) is 1. The molecule has 9 heteroatoms. The van der Waals surface area contributed by atoms with E-state index < -0.39 is 27.8 Å². The largest absolute Gasteiger partial charge is 0.368 e. The Morgan fingerprint density at radius 1 is 1.50 bits per heavy atom. The van der Waals surface area contributed by atoms with Crippen LogP contribution in [0.25, 0.3) is 0 Å². The molecule has 6 nitrogen and oxygen atoms in total. The van der Waals surface area contributed by atoms with Gasteiger partial charge in [0.15, 0.2) is 0 Å². The molecule has 0 saturated carbocycles. The van der Waals surface area contributed by atoms with Gasteiger partial charge in [-0.05, 0) is 18.2 Å². The maximum atomic E-state index is 13.0. The van der Waals surface area contributed by atoms with Crippen LogP contribution in [0.5, 0.6) is 0 Å². The van der Waals surface area contributed by atoms with Crippen molar-refractivity contribution < 1.29 is 17.6 Å². The first-order valence-electron chi connectivity index (χ1n) is 5.81. The number of benzene rings is 1. The third-order valence-corrected chi connectivity index (χ3v) is 5.39. The molecule has 1 heterocycles. The lowest BCUT2D eigenvalue weighted by atomic mass is 10.2.